The zero-order valence-electron chi connectivity index (χ0n) is 9.47. The lowest BCUT2D eigenvalue weighted by Crippen LogP contribution is -2.85. The maximum atomic E-state index is 11.0. The van der Waals surface area contributed by atoms with Crippen molar-refractivity contribution in [3.05, 3.63) is 29.5 Å². The van der Waals surface area contributed by atoms with Crippen molar-refractivity contribution >= 4 is 17.2 Å². The number of quaternary nitrogens is 1. The summed E-state index contributed by atoms with van der Waals surface area (Å²) in [6, 6.07) is 3.93. The molecule has 0 aliphatic carbocycles. The Hall–Kier alpha value is -1.66. The molecule has 0 aliphatic heterocycles. The Kier molecular flexibility index (Phi) is 3.89. The van der Waals surface area contributed by atoms with Gasteiger partial charge in [-0.15, -0.1) is 11.3 Å². The molecule has 2 rings (SSSR count). The molecule has 0 radical (unpaired) electrons. The average Bonchev–Trinajstić information content (AvgIpc) is 2.98. The van der Waals surface area contributed by atoms with Gasteiger partial charge in [-0.05, 0) is 11.4 Å². The van der Waals surface area contributed by atoms with Crippen LogP contribution in [0.2, 0.25) is 0 Å². The lowest BCUT2D eigenvalue weighted by Gasteiger charge is -1.97. The van der Waals surface area contributed by atoms with Gasteiger partial charge >= 0.3 is 0 Å². The summed E-state index contributed by atoms with van der Waals surface area (Å²) in [5.74, 6) is 0.648. The fraction of sp³-hybridized carbons (Fsp3) is 0.273. The lowest BCUT2D eigenvalue weighted by molar-refractivity contribution is -0.660. The molecule has 0 spiro atoms. The number of nitrogens with zero attached hydrogens (tertiary/aromatic N) is 1. The topological polar surface area (TPSA) is 71.7 Å². The van der Waals surface area contributed by atoms with E-state index < -0.39 is 0 Å². The summed E-state index contributed by atoms with van der Waals surface area (Å²) in [5, 5.41) is 6.43. The van der Waals surface area contributed by atoms with Gasteiger partial charge in [0.05, 0.1) is 4.88 Å². The molecule has 0 saturated heterocycles. The van der Waals surface area contributed by atoms with Gasteiger partial charge in [-0.3, -0.25) is 4.79 Å². The monoisotopic (exact) mass is 252 g/mol. The van der Waals surface area contributed by atoms with E-state index in [9.17, 15) is 4.79 Å². The van der Waals surface area contributed by atoms with Crippen molar-refractivity contribution < 1.29 is 14.5 Å². The molecule has 3 N–H and O–H groups in total. The molecule has 2 heterocycles. The first kappa shape index (κ1) is 11.8. The standard InChI is InChI=1S/C11H13N3O2S/c1-12-10(15)6-13-5-8-7-16-11(14-8)9-3-2-4-17-9/h2-4,7,13H,5-6H2,1H3,(H,12,15)/p+1. The minimum atomic E-state index is 0.00646. The normalized spacial score (nSPS) is 10.4. The van der Waals surface area contributed by atoms with E-state index in [1.165, 1.54) is 0 Å². The smallest absolute Gasteiger partial charge is 0.274 e. The van der Waals surface area contributed by atoms with Crippen LogP contribution >= 0.6 is 11.3 Å². The molecular weight excluding hydrogens is 238 g/mol. The van der Waals surface area contributed by atoms with Crippen molar-refractivity contribution in [3.63, 3.8) is 0 Å². The predicted molar refractivity (Wildman–Crippen MR) is 64.4 cm³/mol. The van der Waals surface area contributed by atoms with Crippen molar-refractivity contribution in [3.8, 4) is 10.8 Å². The molecule has 0 unspecified atom stereocenters. The first-order chi connectivity index (χ1) is 8.29. The van der Waals surface area contributed by atoms with Crippen molar-refractivity contribution in [2.45, 2.75) is 6.54 Å². The Bertz CT molecular complexity index is 479. The third-order valence-corrected chi connectivity index (χ3v) is 3.10. The largest absolute Gasteiger partial charge is 0.443 e. The van der Waals surface area contributed by atoms with E-state index in [1.54, 1.807) is 24.6 Å². The van der Waals surface area contributed by atoms with Crippen LogP contribution in [0.5, 0.6) is 0 Å². The summed E-state index contributed by atoms with van der Waals surface area (Å²) in [6.45, 7) is 1.04. The number of aromatic nitrogens is 1. The second-order valence-corrected chi connectivity index (χ2v) is 4.44. The molecule has 2 aromatic rings. The van der Waals surface area contributed by atoms with Gasteiger partial charge in [0.25, 0.3) is 5.91 Å². The quantitative estimate of drug-likeness (QED) is 0.799. The molecule has 0 atom stereocenters. The lowest BCUT2D eigenvalue weighted by atomic mass is 10.4. The fourth-order valence-electron chi connectivity index (χ4n) is 1.37. The third-order valence-electron chi connectivity index (χ3n) is 2.25. The van der Waals surface area contributed by atoms with Gasteiger partial charge in [0.2, 0.25) is 5.89 Å². The minimum Gasteiger partial charge on any atom is -0.443 e. The Morgan fingerprint density at radius 2 is 2.53 bits per heavy atom. The van der Waals surface area contributed by atoms with E-state index in [0.717, 1.165) is 10.6 Å². The zero-order valence-corrected chi connectivity index (χ0v) is 10.3. The molecule has 6 heteroatoms. The van der Waals surface area contributed by atoms with Crippen molar-refractivity contribution in [2.75, 3.05) is 13.6 Å². The van der Waals surface area contributed by atoms with E-state index in [0.29, 0.717) is 19.0 Å². The van der Waals surface area contributed by atoms with Gasteiger partial charge in [-0.25, -0.2) is 4.98 Å². The number of nitrogens with two attached hydrogens (primary N) is 1. The molecule has 90 valence electrons. The first-order valence-corrected chi connectivity index (χ1v) is 6.18. The molecule has 5 nitrogen and oxygen atoms in total. The highest BCUT2D eigenvalue weighted by Gasteiger charge is 2.09. The Balaban J connectivity index is 1.89. The number of carbonyl (C=O) groups excluding carboxylic acids is 1. The van der Waals surface area contributed by atoms with E-state index in [1.807, 2.05) is 22.8 Å². The molecular formula is C11H14N3O2S+. The van der Waals surface area contributed by atoms with Crippen LogP contribution in [-0.4, -0.2) is 24.5 Å². The summed E-state index contributed by atoms with van der Waals surface area (Å²) < 4.78 is 5.37. The summed E-state index contributed by atoms with van der Waals surface area (Å²) in [4.78, 5) is 16.4. The first-order valence-electron chi connectivity index (χ1n) is 5.30. The van der Waals surface area contributed by atoms with Crippen LogP contribution in [0.15, 0.2) is 28.2 Å². The van der Waals surface area contributed by atoms with Crippen molar-refractivity contribution in [1.82, 2.24) is 10.3 Å². The number of thiophene rings is 1. The third kappa shape index (κ3) is 3.15. The highest BCUT2D eigenvalue weighted by atomic mass is 32.1. The van der Waals surface area contributed by atoms with Crippen LogP contribution in [0.3, 0.4) is 0 Å². The average molecular weight is 252 g/mol. The number of hydrogen-bond acceptors (Lipinski definition) is 4. The summed E-state index contributed by atoms with van der Waals surface area (Å²) >= 11 is 1.59. The SMILES string of the molecule is CNC(=O)C[NH2+]Cc1coc(-c2cccs2)n1. The molecule has 2 aromatic heterocycles. The summed E-state index contributed by atoms with van der Waals surface area (Å²) in [7, 11) is 1.63. The van der Waals surface area contributed by atoms with Crippen LogP contribution in [0, 0.1) is 0 Å². The Morgan fingerprint density at radius 3 is 3.24 bits per heavy atom. The number of rotatable bonds is 5. The highest BCUT2D eigenvalue weighted by molar-refractivity contribution is 7.13. The molecule has 17 heavy (non-hydrogen) atoms. The van der Waals surface area contributed by atoms with Crippen LogP contribution in [0.1, 0.15) is 5.69 Å². The number of hydrogen-bond donors (Lipinski definition) is 2. The van der Waals surface area contributed by atoms with Gasteiger partial charge < -0.3 is 15.1 Å². The number of nitrogens with one attached hydrogen (secondary N) is 1. The maximum Gasteiger partial charge on any atom is 0.274 e. The number of carbonyl (C=O) groups is 1. The van der Waals surface area contributed by atoms with Gasteiger partial charge in [0.15, 0.2) is 6.54 Å². The minimum absolute atomic E-state index is 0.00646. The number of likely N-dealkylation sites (N-methyl/N-ethyl adjacent to an activating group) is 1. The van der Waals surface area contributed by atoms with Gasteiger partial charge in [-0.2, -0.15) is 0 Å². The van der Waals surface area contributed by atoms with Crippen LogP contribution in [-0.2, 0) is 11.3 Å². The molecule has 0 aliphatic rings. The second-order valence-electron chi connectivity index (χ2n) is 3.49. The Labute approximate surface area is 103 Å². The van der Waals surface area contributed by atoms with Gasteiger partial charge in [0, 0.05) is 7.05 Å². The highest BCUT2D eigenvalue weighted by Crippen LogP contribution is 2.23. The van der Waals surface area contributed by atoms with E-state index in [-0.39, 0.29) is 5.91 Å². The van der Waals surface area contributed by atoms with Crippen molar-refractivity contribution in [1.29, 1.82) is 0 Å². The molecule has 0 fully saturated rings. The fourth-order valence-corrected chi connectivity index (χ4v) is 2.02. The van der Waals surface area contributed by atoms with Crippen LogP contribution in [0.25, 0.3) is 10.8 Å². The second kappa shape index (κ2) is 5.60. The van der Waals surface area contributed by atoms with Gasteiger partial charge in [0.1, 0.15) is 18.5 Å². The molecule has 0 bridgehead atoms. The van der Waals surface area contributed by atoms with E-state index in [2.05, 4.69) is 10.3 Å². The van der Waals surface area contributed by atoms with E-state index >= 15 is 0 Å². The van der Waals surface area contributed by atoms with Crippen molar-refractivity contribution in [2.24, 2.45) is 0 Å². The number of oxazole rings is 1. The van der Waals surface area contributed by atoms with E-state index in [4.69, 9.17) is 4.42 Å². The molecule has 0 saturated carbocycles. The number of amides is 1. The molecule has 1 amide bonds. The summed E-state index contributed by atoms with van der Waals surface area (Å²) in [6.07, 6.45) is 1.63. The molecule has 0 aromatic carbocycles. The van der Waals surface area contributed by atoms with Gasteiger partial charge in [-0.1, -0.05) is 6.07 Å². The summed E-state index contributed by atoms with van der Waals surface area (Å²) in [5.41, 5.74) is 0.845. The van der Waals surface area contributed by atoms with Crippen LogP contribution in [0.4, 0.5) is 0 Å². The zero-order chi connectivity index (χ0) is 12.1. The Morgan fingerprint density at radius 1 is 1.65 bits per heavy atom. The predicted octanol–water partition coefficient (Wildman–Crippen LogP) is 0.213. The maximum absolute atomic E-state index is 11.0. The van der Waals surface area contributed by atoms with Crippen LogP contribution < -0.4 is 10.6 Å².